The summed E-state index contributed by atoms with van der Waals surface area (Å²) >= 11 is 12.5. The third-order valence-corrected chi connectivity index (χ3v) is 9.32. The van der Waals surface area contributed by atoms with Crippen molar-refractivity contribution < 1.29 is 42.5 Å². The lowest BCUT2D eigenvalue weighted by atomic mass is 10.0. The SMILES string of the molecule is COc1ccc2c(Nc3c(Cl)cncc3Cl)cc(=O)oc2c1OCCOCCOCCOCCCNc1cccc2c1CN(C1CCC(=O)NC1=O)C2=O. The molecule has 286 valence electrons. The standard InChI is InChI=1S/C37H39Cl2N5O10/c1-49-30-8-6-23-28(42-33-25(38)19-40-20-26(33)39)18-32(46)54-34(23)35(30)53-17-16-52-15-14-51-13-12-50-11-3-10-41-27-5-2-4-22-24(27)21-44(37(22)48)29-7-9-31(45)43-36(29)47/h2,4-6,8,18-20,29,41H,3,7,9-17,21H2,1H3,(H,40,42)(H,43,45,47). The molecule has 1 atom stereocenters. The van der Waals surface area contributed by atoms with Crippen LogP contribution >= 0.6 is 23.2 Å². The van der Waals surface area contributed by atoms with Crippen LogP contribution in [0.5, 0.6) is 11.5 Å². The predicted octanol–water partition coefficient (Wildman–Crippen LogP) is 4.94. The Morgan fingerprint density at radius 2 is 1.65 bits per heavy atom. The van der Waals surface area contributed by atoms with Crippen molar-refractivity contribution in [2.45, 2.75) is 31.8 Å². The molecule has 1 saturated heterocycles. The quantitative estimate of drug-likeness (QED) is 0.0662. The number of amides is 3. The average Bonchev–Trinajstić information content (AvgIpc) is 3.49. The lowest BCUT2D eigenvalue weighted by Crippen LogP contribution is -2.52. The second-order valence-electron chi connectivity index (χ2n) is 12.3. The zero-order valence-electron chi connectivity index (χ0n) is 29.4. The van der Waals surface area contributed by atoms with Gasteiger partial charge in [0.25, 0.3) is 5.91 Å². The summed E-state index contributed by atoms with van der Waals surface area (Å²) in [5.74, 6) is -0.323. The summed E-state index contributed by atoms with van der Waals surface area (Å²) < 4.78 is 33.9. The van der Waals surface area contributed by atoms with E-state index in [1.54, 1.807) is 23.1 Å². The Kier molecular flexibility index (Phi) is 13.2. The number of carbonyl (C=O) groups excluding carboxylic acids is 3. The van der Waals surface area contributed by atoms with Gasteiger partial charge in [-0.25, -0.2) is 4.79 Å². The summed E-state index contributed by atoms with van der Waals surface area (Å²) in [6.45, 7) is 3.36. The maximum atomic E-state index is 13.0. The number of pyridine rings is 1. The zero-order valence-corrected chi connectivity index (χ0v) is 30.9. The molecule has 15 nitrogen and oxygen atoms in total. The topological polar surface area (TPSA) is 180 Å². The number of nitrogens with zero attached hydrogens (tertiary/aromatic N) is 2. The van der Waals surface area contributed by atoms with Crippen LogP contribution in [0.1, 0.15) is 35.2 Å². The molecule has 6 rings (SSSR count). The fourth-order valence-corrected chi connectivity index (χ4v) is 6.60. The van der Waals surface area contributed by atoms with Crippen LogP contribution in [0, 0.1) is 0 Å². The molecular formula is C37H39Cl2N5O10. The van der Waals surface area contributed by atoms with Crippen molar-refractivity contribution >= 4 is 69.0 Å². The molecule has 2 aliphatic rings. The van der Waals surface area contributed by atoms with E-state index in [1.807, 2.05) is 12.1 Å². The van der Waals surface area contributed by atoms with Crippen molar-refractivity contribution in [1.82, 2.24) is 15.2 Å². The highest BCUT2D eigenvalue weighted by atomic mass is 35.5. The molecule has 1 fully saturated rings. The number of hydrogen-bond donors (Lipinski definition) is 3. The number of anilines is 3. The van der Waals surface area contributed by atoms with Crippen molar-refractivity contribution in [3.8, 4) is 11.5 Å². The number of carbonyl (C=O) groups is 3. The second-order valence-corrected chi connectivity index (χ2v) is 13.1. The van der Waals surface area contributed by atoms with Gasteiger partial charge in [0, 0.05) is 66.8 Å². The molecule has 4 heterocycles. The van der Waals surface area contributed by atoms with Crippen LogP contribution in [-0.4, -0.2) is 93.5 Å². The Labute approximate surface area is 320 Å². The maximum absolute atomic E-state index is 13.0. The lowest BCUT2D eigenvalue weighted by molar-refractivity contribution is -0.136. The fourth-order valence-electron chi connectivity index (χ4n) is 6.14. The van der Waals surface area contributed by atoms with E-state index in [-0.39, 0.29) is 52.8 Å². The van der Waals surface area contributed by atoms with Gasteiger partial charge in [-0.15, -0.1) is 0 Å². The van der Waals surface area contributed by atoms with E-state index in [2.05, 4.69) is 20.9 Å². The molecule has 0 bridgehead atoms. The van der Waals surface area contributed by atoms with Gasteiger partial charge in [0.2, 0.25) is 17.6 Å². The van der Waals surface area contributed by atoms with Gasteiger partial charge < -0.3 is 43.6 Å². The Bertz CT molecular complexity index is 2040. The van der Waals surface area contributed by atoms with E-state index >= 15 is 0 Å². The van der Waals surface area contributed by atoms with E-state index < -0.39 is 17.6 Å². The largest absolute Gasteiger partial charge is 0.493 e. The maximum Gasteiger partial charge on any atom is 0.338 e. The van der Waals surface area contributed by atoms with Crippen LogP contribution in [0.25, 0.3) is 11.0 Å². The smallest absolute Gasteiger partial charge is 0.338 e. The van der Waals surface area contributed by atoms with Gasteiger partial charge in [-0.2, -0.15) is 0 Å². The first kappa shape index (κ1) is 38.8. The van der Waals surface area contributed by atoms with Gasteiger partial charge in [-0.05, 0) is 37.1 Å². The minimum atomic E-state index is -0.650. The number of imide groups is 1. The Morgan fingerprint density at radius 3 is 2.37 bits per heavy atom. The highest BCUT2D eigenvalue weighted by molar-refractivity contribution is 6.39. The van der Waals surface area contributed by atoms with Gasteiger partial charge in [-0.3, -0.25) is 24.7 Å². The summed E-state index contributed by atoms with van der Waals surface area (Å²) in [6.07, 6.45) is 4.14. The number of nitrogens with one attached hydrogen (secondary N) is 3. The third-order valence-electron chi connectivity index (χ3n) is 8.75. The number of benzene rings is 2. The van der Waals surface area contributed by atoms with E-state index in [1.165, 1.54) is 25.6 Å². The number of piperidine rings is 1. The van der Waals surface area contributed by atoms with Gasteiger partial charge in [0.05, 0.1) is 61.6 Å². The summed E-state index contributed by atoms with van der Waals surface area (Å²) in [5, 5.41) is 9.90. The summed E-state index contributed by atoms with van der Waals surface area (Å²) in [6, 6.07) is 9.55. The third kappa shape index (κ3) is 9.22. The minimum absolute atomic E-state index is 0.149. The lowest BCUT2D eigenvalue weighted by Gasteiger charge is -2.29. The fraction of sp³-hybridized carbons (Fsp3) is 0.378. The number of aromatic nitrogens is 1. The normalized spacial score (nSPS) is 15.4. The van der Waals surface area contributed by atoms with Crippen LogP contribution in [0.15, 0.2) is 58.0 Å². The Hall–Kier alpha value is -4.93. The molecule has 2 aliphatic heterocycles. The average molecular weight is 785 g/mol. The molecule has 2 aromatic heterocycles. The molecular weight excluding hydrogens is 745 g/mol. The van der Waals surface area contributed by atoms with Crippen LogP contribution in [0.3, 0.4) is 0 Å². The number of ether oxygens (including phenoxy) is 5. The molecule has 54 heavy (non-hydrogen) atoms. The second kappa shape index (κ2) is 18.4. The van der Waals surface area contributed by atoms with Gasteiger partial charge >= 0.3 is 5.63 Å². The van der Waals surface area contributed by atoms with Crippen molar-refractivity contribution in [3.63, 3.8) is 0 Å². The first-order valence-electron chi connectivity index (χ1n) is 17.3. The summed E-state index contributed by atoms with van der Waals surface area (Å²) in [5.41, 5.74) is 2.62. The van der Waals surface area contributed by atoms with Gasteiger partial charge in [0.1, 0.15) is 12.6 Å². The number of methoxy groups -OCH3 is 1. The highest BCUT2D eigenvalue weighted by Crippen LogP contribution is 2.40. The van der Waals surface area contributed by atoms with Crippen molar-refractivity contribution in [2.24, 2.45) is 0 Å². The van der Waals surface area contributed by atoms with E-state index in [4.69, 9.17) is 51.3 Å². The van der Waals surface area contributed by atoms with Gasteiger partial charge in [0.15, 0.2) is 11.3 Å². The van der Waals surface area contributed by atoms with Crippen LogP contribution in [-0.2, 0) is 30.3 Å². The van der Waals surface area contributed by atoms with E-state index in [9.17, 15) is 19.2 Å². The van der Waals surface area contributed by atoms with Crippen molar-refractivity contribution in [2.75, 3.05) is 70.5 Å². The van der Waals surface area contributed by atoms with E-state index in [0.29, 0.717) is 80.6 Å². The molecule has 0 spiro atoms. The zero-order chi connectivity index (χ0) is 38.0. The molecule has 0 aliphatic carbocycles. The van der Waals surface area contributed by atoms with Crippen LogP contribution < -0.4 is 31.0 Å². The Balaban J connectivity index is 0.859. The minimum Gasteiger partial charge on any atom is -0.493 e. The van der Waals surface area contributed by atoms with Crippen molar-refractivity contribution in [1.29, 1.82) is 0 Å². The Morgan fingerprint density at radius 1 is 0.926 bits per heavy atom. The number of hydrogen-bond acceptors (Lipinski definition) is 13. The molecule has 3 N–H and O–H groups in total. The predicted molar refractivity (Wildman–Crippen MR) is 200 cm³/mol. The monoisotopic (exact) mass is 783 g/mol. The molecule has 0 radical (unpaired) electrons. The van der Waals surface area contributed by atoms with Crippen LogP contribution in [0.4, 0.5) is 17.1 Å². The first-order valence-corrected chi connectivity index (χ1v) is 18.1. The molecule has 4 aromatic rings. The highest BCUT2D eigenvalue weighted by Gasteiger charge is 2.39. The van der Waals surface area contributed by atoms with Crippen LogP contribution in [0.2, 0.25) is 10.0 Å². The molecule has 0 saturated carbocycles. The summed E-state index contributed by atoms with van der Waals surface area (Å²) in [7, 11) is 1.49. The van der Waals surface area contributed by atoms with Crippen molar-refractivity contribution in [3.05, 3.63) is 80.4 Å². The molecule has 2 aromatic carbocycles. The number of rotatable bonds is 19. The molecule has 17 heteroatoms. The molecule has 1 unspecified atom stereocenters. The summed E-state index contributed by atoms with van der Waals surface area (Å²) in [4.78, 5) is 54.9. The number of halogens is 2. The molecule has 3 amide bonds. The van der Waals surface area contributed by atoms with E-state index in [0.717, 1.165) is 17.7 Å². The number of fused-ring (bicyclic) bond motifs is 2. The van der Waals surface area contributed by atoms with Gasteiger partial charge in [-0.1, -0.05) is 29.3 Å². The first-order chi connectivity index (χ1) is 26.2.